The predicted octanol–water partition coefficient (Wildman–Crippen LogP) is 0.690. The number of methoxy groups -OCH3 is 1. The minimum Gasteiger partial charge on any atom is -0.382 e. The van der Waals surface area contributed by atoms with Gasteiger partial charge in [-0.05, 0) is 32.9 Å². The highest BCUT2D eigenvalue weighted by Gasteiger charge is 2.08. The quantitative estimate of drug-likeness (QED) is 0.353. The van der Waals surface area contributed by atoms with Gasteiger partial charge < -0.3 is 25.0 Å². The molecule has 0 radical (unpaired) electrons. The van der Waals surface area contributed by atoms with Crippen LogP contribution in [-0.2, 0) is 9.47 Å². The Balaban J connectivity index is 2.13. The first-order valence-corrected chi connectivity index (χ1v) is 8.18. The van der Waals surface area contributed by atoms with Gasteiger partial charge in [0.2, 0.25) is 0 Å². The molecule has 0 spiro atoms. The first-order chi connectivity index (χ1) is 10.4. The molecular weight excluding hydrogens is 268 g/mol. The van der Waals surface area contributed by atoms with E-state index in [1.165, 1.54) is 32.4 Å². The summed E-state index contributed by atoms with van der Waals surface area (Å²) in [4.78, 5) is 7.12. The van der Waals surface area contributed by atoms with Crippen molar-refractivity contribution in [3.8, 4) is 0 Å². The zero-order valence-corrected chi connectivity index (χ0v) is 13.7. The first-order valence-electron chi connectivity index (χ1n) is 8.18. The van der Waals surface area contributed by atoms with Crippen LogP contribution in [0.5, 0.6) is 0 Å². The molecule has 1 fully saturated rings. The molecule has 0 atom stereocenters. The second-order valence-corrected chi connectivity index (χ2v) is 5.19. The van der Waals surface area contributed by atoms with Crippen LogP contribution in [0.15, 0.2) is 4.99 Å². The van der Waals surface area contributed by atoms with Crippen molar-refractivity contribution < 1.29 is 9.47 Å². The number of nitrogens with zero attached hydrogens (tertiary/aromatic N) is 2. The van der Waals surface area contributed by atoms with Crippen LogP contribution in [0.25, 0.3) is 0 Å². The van der Waals surface area contributed by atoms with Crippen molar-refractivity contribution in [2.24, 2.45) is 4.99 Å². The summed E-state index contributed by atoms with van der Waals surface area (Å²) in [6, 6.07) is 0. The lowest BCUT2D eigenvalue weighted by Gasteiger charge is -2.25. The van der Waals surface area contributed by atoms with Gasteiger partial charge in [-0.15, -0.1) is 0 Å². The Kier molecular flexibility index (Phi) is 11.1. The maximum Gasteiger partial charge on any atom is 0.191 e. The van der Waals surface area contributed by atoms with E-state index in [0.29, 0.717) is 19.8 Å². The van der Waals surface area contributed by atoms with Crippen molar-refractivity contribution in [2.75, 3.05) is 66.2 Å². The number of nitrogens with one attached hydrogen (secondary N) is 2. The molecule has 0 aromatic heterocycles. The van der Waals surface area contributed by atoms with E-state index < -0.39 is 0 Å². The average molecular weight is 300 g/mol. The minimum absolute atomic E-state index is 0.640. The Morgan fingerprint density at radius 1 is 1.10 bits per heavy atom. The summed E-state index contributed by atoms with van der Waals surface area (Å²) >= 11 is 0. The monoisotopic (exact) mass is 300 g/mol. The van der Waals surface area contributed by atoms with E-state index >= 15 is 0 Å². The summed E-state index contributed by atoms with van der Waals surface area (Å²) < 4.78 is 10.4. The molecule has 0 bridgehead atoms. The fraction of sp³-hybridized carbons (Fsp3) is 0.933. The van der Waals surface area contributed by atoms with Crippen LogP contribution in [0.2, 0.25) is 0 Å². The van der Waals surface area contributed by atoms with Gasteiger partial charge in [-0.3, -0.25) is 4.99 Å². The summed E-state index contributed by atoms with van der Waals surface area (Å²) in [5, 5.41) is 6.55. The van der Waals surface area contributed by atoms with Gasteiger partial charge in [0.15, 0.2) is 5.96 Å². The molecule has 6 heteroatoms. The number of piperidine rings is 1. The van der Waals surface area contributed by atoms with Crippen molar-refractivity contribution in [3.05, 3.63) is 0 Å². The summed E-state index contributed by atoms with van der Waals surface area (Å²) in [5.74, 6) is 0.879. The highest BCUT2D eigenvalue weighted by molar-refractivity contribution is 5.79. The van der Waals surface area contributed by atoms with E-state index in [-0.39, 0.29) is 0 Å². The standard InChI is InChI=1S/C15H32N4O2/c1-3-16-15(18-8-12-21-14-13-20-2)17-7-11-19-9-5-4-6-10-19/h3-14H2,1-2H3,(H2,16,17,18). The van der Waals surface area contributed by atoms with Gasteiger partial charge in [-0.25, -0.2) is 0 Å². The summed E-state index contributed by atoms with van der Waals surface area (Å²) in [6.07, 6.45) is 4.05. The summed E-state index contributed by atoms with van der Waals surface area (Å²) in [5.41, 5.74) is 0. The van der Waals surface area contributed by atoms with Gasteiger partial charge in [0.25, 0.3) is 0 Å². The number of hydrogen-bond acceptors (Lipinski definition) is 4. The van der Waals surface area contributed by atoms with Gasteiger partial charge in [-0.2, -0.15) is 0 Å². The van der Waals surface area contributed by atoms with E-state index in [4.69, 9.17) is 9.47 Å². The average Bonchev–Trinajstić information content (AvgIpc) is 2.51. The van der Waals surface area contributed by atoms with Crippen molar-refractivity contribution in [1.29, 1.82) is 0 Å². The number of aliphatic imine (C=N–C) groups is 1. The van der Waals surface area contributed by atoms with Gasteiger partial charge in [-0.1, -0.05) is 6.42 Å². The number of rotatable bonds is 10. The zero-order valence-electron chi connectivity index (χ0n) is 13.7. The van der Waals surface area contributed by atoms with Crippen LogP contribution in [0, 0.1) is 0 Å². The second kappa shape index (κ2) is 12.9. The van der Waals surface area contributed by atoms with E-state index in [9.17, 15) is 0 Å². The number of likely N-dealkylation sites (tertiary alicyclic amines) is 1. The van der Waals surface area contributed by atoms with Crippen LogP contribution in [0.1, 0.15) is 26.2 Å². The number of ether oxygens (including phenoxy) is 2. The molecule has 1 heterocycles. The third kappa shape index (κ3) is 9.66. The van der Waals surface area contributed by atoms with E-state index in [2.05, 4.69) is 27.4 Å². The Labute approximate surface area is 129 Å². The lowest BCUT2D eigenvalue weighted by atomic mass is 10.1. The molecular formula is C15H32N4O2. The maximum atomic E-state index is 5.42. The molecule has 0 unspecified atom stereocenters. The van der Waals surface area contributed by atoms with Crippen molar-refractivity contribution in [3.63, 3.8) is 0 Å². The molecule has 0 aromatic rings. The lowest BCUT2D eigenvalue weighted by Crippen LogP contribution is -2.40. The van der Waals surface area contributed by atoms with E-state index in [1.807, 2.05) is 0 Å². The van der Waals surface area contributed by atoms with Crippen molar-refractivity contribution in [1.82, 2.24) is 15.5 Å². The van der Waals surface area contributed by atoms with Crippen molar-refractivity contribution >= 4 is 5.96 Å². The van der Waals surface area contributed by atoms with Gasteiger partial charge in [0.1, 0.15) is 0 Å². The van der Waals surface area contributed by atoms with Crippen LogP contribution >= 0.6 is 0 Å². The number of guanidine groups is 1. The zero-order chi connectivity index (χ0) is 15.2. The highest BCUT2D eigenvalue weighted by atomic mass is 16.5. The fourth-order valence-electron chi connectivity index (χ4n) is 2.31. The molecule has 1 aliphatic rings. The van der Waals surface area contributed by atoms with Crippen LogP contribution in [-0.4, -0.2) is 77.1 Å². The Morgan fingerprint density at radius 2 is 1.90 bits per heavy atom. The Bertz CT molecular complexity index is 268. The first kappa shape index (κ1) is 18.2. The lowest BCUT2D eigenvalue weighted by molar-refractivity contribution is 0.0733. The molecule has 0 aliphatic carbocycles. The molecule has 0 amide bonds. The van der Waals surface area contributed by atoms with E-state index in [1.54, 1.807) is 7.11 Å². The molecule has 1 rings (SSSR count). The Hall–Kier alpha value is -0.850. The second-order valence-electron chi connectivity index (χ2n) is 5.19. The van der Waals surface area contributed by atoms with Crippen LogP contribution in [0.4, 0.5) is 0 Å². The molecule has 1 aliphatic heterocycles. The Morgan fingerprint density at radius 3 is 2.62 bits per heavy atom. The number of hydrogen-bond donors (Lipinski definition) is 2. The van der Waals surface area contributed by atoms with Crippen LogP contribution in [0.3, 0.4) is 0 Å². The normalized spacial score (nSPS) is 17.0. The SMILES string of the molecule is CCNC(=NCCN1CCCCC1)NCCOCCOC. The minimum atomic E-state index is 0.640. The highest BCUT2D eigenvalue weighted by Crippen LogP contribution is 2.07. The smallest absolute Gasteiger partial charge is 0.191 e. The van der Waals surface area contributed by atoms with Gasteiger partial charge in [0.05, 0.1) is 26.4 Å². The molecule has 0 aromatic carbocycles. The predicted molar refractivity (Wildman–Crippen MR) is 87.0 cm³/mol. The molecule has 6 nitrogen and oxygen atoms in total. The molecule has 124 valence electrons. The third-order valence-corrected chi connectivity index (χ3v) is 3.45. The van der Waals surface area contributed by atoms with E-state index in [0.717, 1.165) is 32.1 Å². The molecule has 0 saturated carbocycles. The van der Waals surface area contributed by atoms with Crippen molar-refractivity contribution in [2.45, 2.75) is 26.2 Å². The topological polar surface area (TPSA) is 58.1 Å². The summed E-state index contributed by atoms with van der Waals surface area (Å²) in [6.45, 7) is 10.0. The van der Waals surface area contributed by atoms with Gasteiger partial charge in [0, 0.05) is 26.7 Å². The fourth-order valence-corrected chi connectivity index (χ4v) is 2.31. The summed E-state index contributed by atoms with van der Waals surface area (Å²) in [7, 11) is 1.68. The maximum absolute atomic E-state index is 5.42. The third-order valence-electron chi connectivity index (χ3n) is 3.45. The molecule has 2 N–H and O–H groups in total. The van der Waals surface area contributed by atoms with Crippen LogP contribution < -0.4 is 10.6 Å². The molecule has 1 saturated heterocycles. The van der Waals surface area contributed by atoms with Gasteiger partial charge >= 0.3 is 0 Å². The largest absolute Gasteiger partial charge is 0.382 e. The molecule has 21 heavy (non-hydrogen) atoms.